The third kappa shape index (κ3) is 4.42. The van der Waals surface area contributed by atoms with Crippen LogP contribution in [0.1, 0.15) is 5.76 Å². The molecule has 0 spiro atoms. The highest BCUT2D eigenvalue weighted by atomic mass is 79.9. The van der Waals surface area contributed by atoms with Gasteiger partial charge < -0.3 is 18.4 Å². The molecular formula is C20H13BrCl2N2O4. The summed E-state index contributed by atoms with van der Waals surface area (Å²) in [5.41, 5.74) is 0.620. The van der Waals surface area contributed by atoms with E-state index in [2.05, 4.69) is 26.1 Å². The van der Waals surface area contributed by atoms with Crippen molar-refractivity contribution in [2.45, 2.75) is 6.61 Å². The molecule has 0 saturated heterocycles. The molecule has 2 aromatic heterocycles. The van der Waals surface area contributed by atoms with Crippen LogP contribution in [-0.4, -0.2) is 17.3 Å². The zero-order valence-electron chi connectivity index (χ0n) is 15.0. The fourth-order valence-corrected chi connectivity index (χ4v) is 3.50. The third-order valence-corrected chi connectivity index (χ3v) is 4.99. The summed E-state index contributed by atoms with van der Waals surface area (Å²) in [6.45, 7) is 0.199. The summed E-state index contributed by atoms with van der Waals surface area (Å²) in [5.74, 6) is 2.72. The second kappa shape index (κ2) is 8.49. The van der Waals surface area contributed by atoms with Crippen molar-refractivity contribution < 1.29 is 18.4 Å². The number of nitrogens with zero attached hydrogens (tertiary/aromatic N) is 2. The van der Waals surface area contributed by atoms with Crippen LogP contribution < -0.4 is 9.47 Å². The molecule has 0 radical (unpaired) electrons. The Morgan fingerprint density at radius 3 is 2.66 bits per heavy atom. The molecule has 0 amide bonds. The summed E-state index contributed by atoms with van der Waals surface area (Å²) < 4.78 is 23.0. The molecule has 2 heterocycles. The second-order valence-corrected chi connectivity index (χ2v) is 7.66. The van der Waals surface area contributed by atoms with Crippen LogP contribution in [0.2, 0.25) is 10.0 Å². The second-order valence-electron chi connectivity index (χ2n) is 5.90. The van der Waals surface area contributed by atoms with Crippen LogP contribution in [0, 0.1) is 0 Å². The van der Waals surface area contributed by atoms with E-state index >= 15 is 0 Å². The van der Waals surface area contributed by atoms with Gasteiger partial charge in [0.2, 0.25) is 5.82 Å². The smallest absolute Gasteiger partial charge is 0.293 e. The predicted octanol–water partition coefficient (Wildman–Crippen LogP) is 6.65. The lowest BCUT2D eigenvalue weighted by molar-refractivity contribution is 0.270. The van der Waals surface area contributed by atoms with Gasteiger partial charge in [-0.1, -0.05) is 44.3 Å². The minimum absolute atomic E-state index is 0.199. The van der Waals surface area contributed by atoms with Gasteiger partial charge in [-0.05, 0) is 48.5 Å². The van der Waals surface area contributed by atoms with E-state index < -0.39 is 0 Å². The first kappa shape index (κ1) is 19.8. The van der Waals surface area contributed by atoms with Crippen LogP contribution in [0.3, 0.4) is 0 Å². The van der Waals surface area contributed by atoms with Gasteiger partial charge in [0.15, 0.2) is 5.76 Å². The maximum Gasteiger partial charge on any atom is 0.293 e. The Hall–Kier alpha value is -2.48. The lowest BCUT2D eigenvalue weighted by Crippen LogP contribution is -1.94. The molecule has 9 heteroatoms. The van der Waals surface area contributed by atoms with Crippen LogP contribution in [0.5, 0.6) is 11.5 Å². The maximum atomic E-state index is 6.16. The van der Waals surface area contributed by atoms with Crippen molar-refractivity contribution in [3.8, 4) is 34.5 Å². The molecule has 0 N–H and O–H groups in total. The van der Waals surface area contributed by atoms with E-state index in [1.54, 1.807) is 49.6 Å². The molecular weight excluding hydrogens is 483 g/mol. The number of aromatic nitrogens is 2. The first-order valence-electron chi connectivity index (χ1n) is 8.38. The summed E-state index contributed by atoms with van der Waals surface area (Å²) >= 11 is 15.6. The van der Waals surface area contributed by atoms with Crippen LogP contribution in [-0.2, 0) is 6.61 Å². The normalized spacial score (nSPS) is 10.9. The topological polar surface area (TPSA) is 70.5 Å². The third-order valence-electron chi connectivity index (χ3n) is 3.96. The van der Waals surface area contributed by atoms with Crippen molar-refractivity contribution in [1.82, 2.24) is 10.1 Å². The van der Waals surface area contributed by atoms with E-state index in [-0.39, 0.29) is 12.5 Å². The molecule has 0 aliphatic carbocycles. The van der Waals surface area contributed by atoms with E-state index in [0.717, 1.165) is 4.47 Å². The average molecular weight is 496 g/mol. The van der Waals surface area contributed by atoms with Crippen molar-refractivity contribution in [1.29, 1.82) is 0 Å². The number of furan rings is 1. The van der Waals surface area contributed by atoms with Crippen LogP contribution in [0.15, 0.2) is 61.9 Å². The Labute approximate surface area is 184 Å². The van der Waals surface area contributed by atoms with Gasteiger partial charge in [-0.3, -0.25) is 0 Å². The zero-order valence-corrected chi connectivity index (χ0v) is 18.1. The first-order valence-corrected chi connectivity index (χ1v) is 9.93. The first-order chi connectivity index (χ1) is 14.0. The molecule has 0 fully saturated rings. The molecule has 2 aromatic carbocycles. The molecule has 0 aliphatic heterocycles. The molecule has 0 unspecified atom stereocenters. The van der Waals surface area contributed by atoms with E-state index in [4.69, 9.17) is 41.6 Å². The van der Waals surface area contributed by atoms with Crippen LogP contribution in [0.4, 0.5) is 0 Å². The van der Waals surface area contributed by atoms with Crippen LogP contribution >= 0.6 is 39.1 Å². The number of halogens is 3. The van der Waals surface area contributed by atoms with E-state index in [0.29, 0.717) is 44.5 Å². The standard InChI is InChI=1S/C20H13BrCl2N2O4/c1-26-16-6-3-12(22)9-14(16)19-24-20(29-25-19)18-7-4-13(28-18)10-27-17-5-2-11(21)8-15(17)23/h2-9H,10H2,1H3. The predicted molar refractivity (Wildman–Crippen MR) is 112 cm³/mol. The van der Waals surface area contributed by atoms with Gasteiger partial charge in [-0.15, -0.1) is 0 Å². The number of rotatable bonds is 6. The largest absolute Gasteiger partial charge is 0.496 e. The number of hydrogen-bond donors (Lipinski definition) is 0. The van der Waals surface area contributed by atoms with Crippen molar-refractivity contribution in [2.24, 2.45) is 0 Å². The van der Waals surface area contributed by atoms with Gasteiger partial charge in [-0.25, -0.2) is 0 Å². The summed E-state index contributed by atoms with van der Waals surface area (Å²) in [4.78, 5) is 4.38. The van der Waals surface area contributed by atoms with Gasteiger partial charge in [-0.2, -0.15) is 4.98 Å². The highest BCUT2D eigenvalue weighted by Gasteiger charge is 2.17. The Morgan fingerprint density at radius 1 is 1.03 bits per heavy atom. The molecule has 0 aliphatic rings. The molecule has 6 nitrogen and oxygen atoms in total. The van der Waals surface area contributed by atoms with Gasteiger partial charge >= 0.3 is 0 Å². The Morgan fingerprint density at radius 2 is 1.86 bits per heavy atom. The number of benzene rings is 2. The molecule has 29 heavy (non-hydrogen) atoms. The average Bonchev–Trinajstić information content (AvgIpc) is 3.37. The van der Waals surface area contributed by atoms with Crippen LogP contribution in [0.25, 0.3) is 23.0 Å². The summed E-state index contributed by atoms with van der Waals surface area (Å²) in [6.07, 6.45) is 0. The molecule has 148 valence electrons. The van der Waals surface area contributed by atoms with Crippen molar-refractivity contribution >= 4 is 39.1 Å². The highest BCUT2D eigenvalue weighted by Crippen LogP contribution is 2.33. The SMILES string of the molecule is COc1ccc(Cl)cc1-c1noc(-c2ccc(COc3ccc(Br)cc3Cl)o2)n1. The zero-order chi connectivity index (χ0) is 20.4. The molecule has 4 rings (SSSR count). The molecule has 0 atom stereocenters. The quantitative estimate of drug-likeness (QED) is 0.298. The number of methoxy groups -OCH3 is 1. The lowest BCUT2D eigenvalue weighted by atomic mass is 10.2. The maximum absolute atomic E-state index is 6.16. The minimum atomic E-state index is 0.199. The Balaban J connectivity index is 1.51. The van der Waals surface area contributed by atoms with Gasteiger partial charge in [0, 0.05) is 9.50 Å². The van der Waals surface area contributed by atoms with Crippen molar-refractivity contribution in [3.63, 3.8) is 0 Å². The number of ether oxygens (including phenoxy) is 2. The van der Waals surface area contributed by atoms with Crippen molar-refractivity contribution in [2.75, 3.05) is 7.11 Å². The Bertz CT molecular complexity index is 1160. The highest BCUT2D eigenvalue weighted by molar-refractivity contribution is 9.10. The fourth-order valence-electron chi connectivity index (χ4n) is 2.60. The molecule has 0 saturated carbocycles. The Kier molecular flexibility index (Phi) is 5.80. The van der Waals surface area contributed by atoms with Gasteiger partial charge in [0.25, 0.3) is 5.89 Å². The lowest BCUT2D eigenvalue weighted by Gasteiger charge is -2.06. The molecule has 4 aromatic rings. The molecule has 0 bridgehead atoms. The van der Waals surface area contributed by atoms with E-state index in [9.17, 15) is 0 Å². The summed E-state index contributed by atoms with van der Waals surface area (Å²) in [5, 5.41) is 5.04. The van der Waals surface area contributed by atoms with E-state index in [1.165, 1.54) is 0 Å². The minimum Gasteiger partial charge on any atom is -0.496 e. The van der Waals surface area contributed by atoms with E-state index in [1.807, 2.05) is 6.07 Å². The van der Waals surface area contributed by atoms with Gasteiger partial charge in [0.1, 0.15) is 23.9 Å². The van der Waals surface area contributed by atoms with Gasteiger partial charge in [0.05, 0.1) is 17.7 Å². The summed E-state index contributed by atoms with van der Waals surface area (Å²) in [7, 11) is 1.56. The monoisotopic (exact) mass is 494 g/mol. The summed E-state index contributed by atoms with van der Waals surface area (Å²) in [6, 6.07) is 14.1. The number of hydrogen-bond acceptors (Lipinski definition) is 6. The van der Waals surface area contributed by atoms with Crippen molar-refractivity contribution in [3.05, 3.63) is 68.8 Å². The fraction of sp³-hybridized carbons (Fsp3) is 0.100.